The second kappa shape index (κ2) is 3.71. The highest BCUT2D eigenvalue weighted by Gasteiger charge is 2.08. The standard InChI is InChI=1S/C8H8FN3O.ClH/c1-13-8-5(10)2-3-12-6(8)4-7(9)11-12;/h2-4H,10H2,1H3;1H. The molecule has 0 unspecified atom stereocenters. The summed E-state index contributed by atoms with van der Waals surface area (Å²) >= 11 is 0. The Hall–Kier alpha value is -1.49. The third-order valence-corrected chi connectivity index (χ3v) is 1.80. The average molecular weight is 218 g/mol. The highest BCUT2D eigenvalue weighted by atomic mass is 35.5. The molecule has 0 amide bonds. The minimum atomic E-state index is -0.552. The van der Waals surface area contributed by atoms with Crippen molar-refractivity contribution in [3.05, 3.63) is 24.3 Å². The van der Waals surface area contributed by atoms with Crippen molar-refractivity contribution in [2.75, 3.05) is 12.8 Å². The minimum absolute atomic E-state index is 0. The van der Waals surface area contributed by atoms with E-state index >= 15 is 0 Å². The van der Waals surface area contributed by atoms with Crippen LogP contribution >= 0.6 is 12.4 Å². The van der Waals surface area contributed by atoms with Crippen molar-refractivity contribution in [1.82, 2.24) is 9.61 Å². The molecule has 0 spiro atoms. The van der Waals surface area contributed by atoms with Gasteiger partial charge in [-0.15, -0.1) is 17.5 Å². The molecule has 0 atom stereocenters. The van der Waals surface area contributed by atoms with E-state index in [0.717, 1.165) is 0 Å². The molecular weight excluding hydrogens is 209 g/mol. The maximum Gasteiger partial charge on any atom is 0.233 e. The predicted molar refractivity (Wildman–Crippen MR) is 53.4 cm³/mol. The first-order valence-corrected chi connectivity index (χ1v) is 3.69. The van der Waals surface area contributed by atoms with Gasteiger partial charge in [0.05, 0.1) is 12.8 Å². The van der Waals surface area contributed by atoms with E-state index in [1.165, 1.54) is 17.7 Å². The number of rotatable bonds is 1. The van der Waals surface area contributed by atoms with Crippen molar-refractivity contribution in [1.29, 1.82) is 0 Å². The van der Waals surface area contributed by atoms with Crippen LogP contribution in [0.1, 0.15) is 0 Å². The number of pyridine rings is 1. The number of nitrogen functional groups attached to an aromatic ring is 1. The van der Waals surface area contributed by atoms with Crippen molar-refractivity contribution in [3.63, 3.8) is 0 Å². The molecular formula is C8H9ClFN3O. The van der Waals surface area contributed by atoms with Crippen LogP contribution in [0.25, 0.3) is 5.52 Å². The summed E-state index contributed by atoms with van der Waals surface area (Å²) in [5.74, 6) is -0.109. The molecule has 2 heterocycles. The van der Waals surface area contributed by atoms with Crippen molar-refractivity contribution < 1.29 is 9.13 Å². The van der Waals surface area contributed by atoms with Gasteiger partial charge in [-0.3, -0.25) is 0 Å². The first kappa shape index (κ1) is 10.6. The molecule has 6 heteroatoms. The molecule has 0 bridgehead atoms. The van der Waals surface area contributed by atoms with Gasteiger partial charge in [0.25, 0.3) is 0 Å². The van der Waals surface area contributed by atoms with Crippen LogP contribution in [-0.2, 0) is 0 Å². The SMILES string of the molecule is COc1c(N)ccn2nc(F)cc12.Cl. The van der Waals surface area contributed by atoms with Crippen molar-refractivity contribution >= 4 is 23.6 Å². The number of nitrogens with zero attached hydrogens (tertiary/aromatic N) is 2. The van der Waals surface area contributed by atoms with Gasteiger partial charge in [-0.2, -0.15) is 4.39 Å². The zero-order valence-corrected chi connectivity index (χ0v) is 8.21. The molecule has 0 fully saturated rings. The van der Waals surface area contributed by atoms with Gasteiger partial charge in [0, 0.05) is 12.3 Å². The highest BCUT2D eigenvalue weighted by molar-refractivity contribution is 5.85. The zero-order chi connectivity index (χ0) is 9.42. The van der Waals surface area contributed by atoms with E-state index in [-0.39, 0.29) is 12.4 Å². The van der Waals surface area contributed by atoms with Crippen LogP contribution in [0.4, 0.5) is 10.1 Å². The molecule has 0 radical (unpaired) electrons. The van der Waals surface area contributed by atoms with Crippen LogP contribution in [0.15, 0.2) is 18.3 Å². The molecule has 2 N–H and O–H groups in total. The largest absolute Gasteiger partial charge is 0.492 e. The highest BCUT2D eigenvalue weighted by Crippen LogP contribution is 2.26. The minimum Gasteiger partial charge on any atom is -0.492 e. The first-order chi connectivity index (χ1) is 6.22. The fourth-order valence-corrected chi connectivity index (χ4v) is 1.24. The molecule has 0 aliphatic carbocycles. The van der Waals surface area contributed by atoms with Crippen LogP contribution in [0.2, 0.25) is 0 Å². The van der Waals surface area contributed by atoms with Crippen LogP contribution in [0, 0.1) is 5.95 Å². The summed E-state index contributed by atoms with van der Waals surface area (Å²) < 4.78 is 19.1. The molecule has 0 aliphatic heterocycles. The Labute approximate surface area is 85.9 Å². The Bertz CT molecular complexity index is 457. The van der Waals surface area contributed by atoms with Gasteiger partial charge in [0.15, 0.2) is 5.75 Å². The molecule has 0 aromatic carbocycles. The zero-order valence-electron chi connectivity index (χ0n) is 7.40. The van der Waals surface area contributed by atoms with Gasteiger partial charge >= 0.3 is 0 Å². The summed E-state index contributed by atoms with van der Waals surface area (Å²) in [5, 5.41) is 3.58. The van der Waals surface area contributed by atoms with Gasteiger partial charge < -0.3 is 10.5 Å². The number of nitrogens with two attached hydrogens (primary N) is 1. The third-order valence-electron chi connectivity index (χ3n) is 1.80. The molecule has 14 heavy (non-hydrogen) atoms. The van der Waals surface area contributed by atoms with E-state index in [2.05, 4.69) is 5.10 Å². The fraction of sp³-hybridized carbons (Fsp3) is 0.125. The molecule has 76 valence electrons. The monoisotopic (exact) mass is 217 g/mol. The summed E-state index contributed by atoms with van der Waals surface area (Å²) in [7, 11) is 1.48. The lowest BCUT2D eigenvalue weighted by Gasteiger charge is -2.04. The number of fused-ring (bicyclic) bond motifs is 1. The van der Waals surface area contributed by atoms with Crippen LogP contribution in [0.5, 0.6) is 5.75 Å². The number of hydrogen-bond donors (Lipinski definition) is 1. The molecule has 0 saturated heterocycles. The maximum absolute atomic E-state index is 12.7. The maximum atomic E-state index is 12.7. The van der Waals surface area contributed by atoms with Gasteiger partial charge in [0.2, 0.25) is 5.95 Å². The topological polar surface area (TPSA) is 52.5 Å². The second-order valence-electron chi connectivity index (χ2n) is 2.60. The second-order valence-corrected chi connectivity index (χ2v) is 2.60. The number of methoxy groups -OCH3 is 1. The number of ether oxygens (including phenoxy) is 1. The Morgan fingerprint density at radius 2 is 2.29 bits per heavy atom. The summed E-state index contributed by atoms with van der Waals surface area (Å²) in [4.78, 5) is 0. The van der Waals surface area contributed by atoms with Crippen LogP contribution < -0.4 is 10.5 Å². The Morgan fingerprint density at radius 1 is 1.57 bits per heavy atom. The van der Waals surface area contributed by atoms with E-state index < -0.39 is 5.95 Å². The molecule has 0 saturated carbocycles. The first-order valence-electron chi connectivity index (χ1n) is 3.69. The summed E-state index contributed by atoms with van der Waals surface area (Å²) in [5.41, 5.74) is 6.61. The number of anilines is 1. The summed E-state index contributed by atoms with van der Waals surface area (Å²) in [6.07, 6.45) is 1.58. The molecule has 2 rings (SSSR count). The molecule has 4 nitrogen and oxygen atoms in total. The number of halogens is 2. The van der Waals surface area contributed by atoms with Crippen molar-refractivity contribution in [2.24, 2.45) is 0 Å². The quantitative estimate of drug-likeness (QED) is 0.787. The molecule has 2 aromatic heterocycles. The van der Waals surface area contributed by atoms with Gasteiger partial charge in [-0.1, -0.05) is 0 Å². The smallest absolute Gasteiger partial charge is 0.233 e. The predicted octanol–water partition coefficient (Wildman–Crippen LogP) is 1.49. The van der Waals surface area contributed by atoms with E-state index in [0.29, 0.717) is 17.0 Å². The summed E-state index contributed by atoms with van der Waals surface area (Å²) in [6, 6.07) is 2.88. The van der Waals surface area contributed by atoms with Gasteiger partial charge in [0.1, 0.15) is 5.52 Å². The summed E-state index contributed by atoms with van der Waals surface area (Å²) in [6.45, 7) is 0. The number of aromatic nitrogens is 2. The van der Waals surface area contributed by atoms with E-state index in [1.807, 2.05) is 0 Å². The van der Waals surface area contributed by atoms with E-state index in [1.54, 1.807) is 12.3 Å². The Kier molecular flexibility index (Phi) is 2.81. The van der Waals surface area contributed by atoms with E-state index in [9.17, 15) is 4.39 Å². The lowest BCUT2D eigenvalue weighted by atomic mass is 10.3. The lowest BCUT2D eigenvalue weighted by molar-refractivity contribution is 0.419. The lowest BCUT2D eigenvalue weighted by Crippen LogP contribution is -1.96. The third kappa shape index (κ3) is 1.46. The average Bonchev–Trinajstić information content (AvgIpc) is 2.45. The van der Waals surface area contributed by atoms with Crippen molar-refractivity contribution in [3.8, 4) is 5.75 Å². The van der Waals surface area contributed by atoms with Crippen LogP contribution in [-0.4, -0.2) is 16.7 Å². The Balaban J connectivity index is 0.000000980. The van der Waals surface area contributed by atoms with Crippen LogP contribution in [0.3, 0.4) is 0 Å². The molecule has 2 aromatic rings. The number of hydrogen-bond acceptors (Lipinski definition) is 3. The Morgan fingerprint density at radius 3 is 2.93 bits per heavy atom. The van der Waals surface area contributed by atoms with Crippen molar-refractivity contribution in [2.45, 2.75) is 0 Å². The normalized spacial score (nSPS) is 9.86. The van der Waals surface area contributed by atoms with Gasteiger partial charge in [-0.05, 0) is 6.07 Å². The molecule has 0 aliphatic rings. The van der Waals surface area contributed by atoms with Gasteiger partial charge in [-0.25, -0.2) is 4.52 Å². The van der Waals surface area contributed by atoms with E-state index in [4.69, 9.17) is 10.5 Å². The fourth-order valence-electron chi connectivity index (χ4n) is 1.24.